The van der Waals surface area contributed by atoms with Crippen LogP contribution in [0, 0.1) is 0 Å². The third-order valence-electron chi connectivity index (χ3n) is 0.909. The number of aromatic nitrogens is 1. The van der Waals surface area contributed by atoms with Gasteiger partial charge in [0, 0.05) is 24.2 Å². The van der Waals surface area contributed by atoms with Gasteiger partial charge in [0.15, 0.2) is 0 Å². The van der Waals surface area contributed by atoms with Crippen molar-refractivity contribution < 1.29 is 0 Å². The molecule has 2 N–H and O–H groups in total. The summed E-state index contributed by atoms with van der Waals surface area (Å²) in [5.74, 6) is 5.18. The molecule has 0 radical (unpaired) electrons. The van der Waals surface area contributed by atoms with Crippen molar-refractivity contribution in [1.82, 2.24) is 4.98 Å². The maximum absolute atomic E-state index is 5.39. The molecule has 0 unspecified atom stereocenters. The summed E-state index contributed by atoms with van der Waals surface area (Å²) >= 11 is 5.39. The highest BCUT2D eigenvalue weighted by Gasteiger charge is 1.91. The Hall–Kier alpha value is -0.800. The van der Waals surface area contributed by atoms with E-state index >= 15 is 0 Å². The second-order valence-electron chi connectivity index (χ2n) is 1.52. The highest BCUT2D eigenvalue weighted by atomic mass is 35.5. The van der Waals surface area contributed by atoms with Crippen molar-refractivity contribution in [2.75, 3.05) is 4.53 Å². The first-order valence-electron chi connectivity index (χ1n) is 2.41. The van der Waals surface area contributed by atoms with E-state index in [2.05, 4.69) is 4.98 Å². The van der Waals surface area contributed by atoms with Gasteiger partial charge in [-0.2, -0.15) is 0 Å². The van der Waals surface area contributed by atoms with E-state index in [1.165, 1.54) is 0 Å². The molecular weight excluding hydrogens is 138 g/mol. The minimum absolute atomic E-state index is 0.728. The van der Waals surface area contributed by atoms with Gasteiger partial charge in [0.05, 0.1) is 5.69 Å². The summed E-state index contributed by atoms with van der Waals surface area (Å²) in [5.41, 5.74) is 0.728. The fraction of sp³-hybridized carbons (Fsp3) is 0. The molecule has 0 spiro atoms. The van der Waals surface area contributed by atoms with Gasteiger partial charge in [-0.3, -0.25) is 4.98 Å². The second-order valence-corrected chi connectivity index (χ2v) is 1.88. The second kappa shape index (κ2) is 2.66. The standard InChI is InChI=1S/C5H6ClN3/c6-9(7)5-1-3-8-4-2-5/h1-4H,7H2. The smallest absolute Gasteiger partial charge is 0.0734 e. The minimum Gasteiger partial charge on any atom is -0.265 e. The molecule has 4 heteroatoms. The number of hydrogen-bond acceptors (Lipinski definition) is 3. The Bertz CT molecular complexity index is 175. The zero-order valence-corrected chi connectivity index (χ0v) is 5.42. The van der Waals surface area contributed by atoms with Gasteiger partial charge in [-0.15, -0.1) is 0 Å². The van der Waals surface area contributed by atoms with Gasteiger partial charge in [0.25, 0.3) is 0 Å². The summed E-state index contributed by atoms with van der Waals surface area (Å²) in [6.07, 6.45) is 3.25. The third kappa shape index (κ3) is 1.55. The molecule has 1 aromatic heterocycles. The van der Waals surface area contributed by atoms with Crippen molar-refractivity contribution in [3.63, 3.8) is 0 Å². The first kappa shape index (κ1) is 6.32. The molecule has 0 saturated carbocycles. The van der Waals surface area contributed by atoms with Crippen molar-refractivity contribution in [1.29, 1.82) is 0 Å². The first-order chi connectivity index (χ1) is 4.30. The molecule has 48 valence electrons. The molecule has 9 heavy (non-hydrogen) atoms. The van der Waals surface area contributed by atoms with Crippen molar-refractivity contribution in [3.8, 4) is 0 Å². The molecule has 3 nitrogen and oxygen atoms in total. The Balaban J connectivity index is 2.85. The number of anilines is 1. The van der Waals surface area contributed by atoms with E-state index in [4.69, 9.17) is 17.6 Å². The van der Waals surface area contributed by atoms with E-state index in [0.29, 0.717) is 0 Å². The van der Waals surface area contributed by atoms with Gasteiger partial charge in [0.2, 0.25) is 0 Å². The van der Waals surface area contributed by atoms with Crippen molar-refractivity contribution >= 4 is 17.5 Å². The third-order valence-corrected chi connectivity index (χ3v) is 1.10. The highest BCUT2D eigenvalue weighted by Crippen LogP contribution is 2.08. The summed E-state index contributed by atoms with van der Waals surface area (Å²) in [6.45, 7) is 0. The van der Waals surface area contributed by atoms with Crippen LogP contribution in [-0.2, 0) is 0 Å². The van der Waals surface area contributed by atoms with Gasteiger partial charge >= 0.3 is 0 Å². The van der Waals surface area contributed by atoms with Crippen LogP contribution >= 0.6 is 11.8 Å². The summed E-state index contributed by atoms with van der Waals surface area (Å²) in [5, 5.41) is 0. The lowest BCUT2D eigenvalue weighted by atomic mass is 10.4. The predicted molar refractivity (Wildman–Crippen MR) is 36.8 cm³/mol. The van der Waals surface area contributed by atoms with Crippen LogP contribution in [0.2, 0.25) is 0 Å². The van der Waals surface area contributed by atoms with Crippen molar-refractivity contribution in [2.24, 2.45) is 5.84 Å². The molecule has 1 heterocycles. The fourth-order valence-electron chi connectivity index (χ4n) is 0.486. The molecule has 0 aliphatic heterocycles. The molecule has 0 aliphatic carbocycles. The van der Waals surface area contributed by atoms with Gasteiger partial charge in [-0.25, -0.2) is 10.4 Å². The Kier molecular flexibility index (Phi) is 1.87. The zero-order chi connectivity index (χ0) is 6.69. The molecule has 0 atom stereocenters. The van der Waals surface area contributed by atoms with Crippen LogP contribution < -0.4 is 10.4 Å². The van der Waals surface area contributed by atoms with E-state index in [-0.39, 0.29) is 0 Å². The quantitative estimate of drug-likeness (QED) is 0.361. The molecule has 0 aliphatic rings. The molecule has 0 bridgehead atoms. The van der Waals surface area contributed by atoms with Crippen molar-refractivity contribution in [2.45, 2.75) is 0 Å². The molecular formula is C5H6ClN3. The topological polar surface area (TPSA) is 42.1 Å². The largest absolute Gasteiger partial charge is 0.265 e. The molecule has 0 saturated heterocycles. The van der Waals surface area contributed by atoms with Crippen LogP contribution in [-0.4, -0.2) is 4.98 Å². The predicted octanol–water partition coefficient (Wildman–Crippen LogP) is 0.915. The number of pyridine rings is 1. The Labute approximate surface area is 58.1 Å². The minimum atomic E-state index is 0.728. The normalized spacial score (nSPS) is 9.11. The van der Waals surface area contributed by atoms with E-state index in [9.17, 15) is 0 Å². The average Bonchev–Trinajstić information content (AvgIpc) is 1.90. The summed E-state index contributed by atoms with van der Waals surface area (Å²) in [6, 6.07) is 3.43. The summed E-state index contributed by atoms with van der Waals surface area (Å²) < 4.78 is 1.02. The Morgan fingerprint density at radius 1 is 1.44 bits per heavy atom. The summed E-state index contributed by atoms with van der Waals surface area (Å²) in [7, 11) is 0. The van der Waals surface area contributed by atoms with Crippen molar-refractivity contribution in [3.05, 3.63) is 24.5 Å². The van der Waals surface area contributed by atoms with Crippen LogP contribution in [0.3, 0.4) is 0 Å². The van der Waals surface area contributed by atoms with Gasteiger partial charge in [-0.1, -0.05) is 0 Å². The van der Waals surface area contributed by atoms with Gasteiger partial charge < -0.3 is 0 Å². The van der Waals surface area contributed by atoms with Crippen LogP contribution in [0.15, 0.2) is 24.5 Å². The Morgan fingerprint density at radius 3 is 2.33 bits per heavy atom. The van der Waals surface area contributed by atoms with Crippen LogP contribution in [0.1, 0.15) is 0 Å². The zero-order valence-electron chi connectivity index (χ0n) is 4.66. The SMILES string of the molecule is NN(Cl)c1ccncc1. The van der Waals surface area contributed by atoms with E-state index in [1.54, 1.807) is 24.5 Å². The number of hydrazine groups is 1. The monoisotopic (exact) mass is 143 g/mol. The molecule has 0 amide bonds. The molecule has 1 rings (SSSR count). The highest BCUT2D eigenvalue weighted by molar-refractivity contribution is 6.24. The van der Waals surface area contributed by atoms with E-state index in [0.717, 1.165) is 10.2 Å². The number of nitrogens with zero attached hydrogens (tertiary/aromatic N) is 2. The molecule has 1 aromatic rings. The number of halogens is 1. The molecule has 0 fully saturated rings. The van der Waals surface area contributed by atoms with Crippen LogP contribution in [0.25, 0.3) is 0 Å². The average molecular weight is 144 g/mol. The fourth-order valence-corrected chi connectivity index (χ4v) is 0.599. The first-order valence-corrected chi connectivity index (χ1v) is 2.75. The van der Waals surface area contributed by atoms with Crippen LogP contribution in [0.4, 0.5) is 5.69 Å². The van der Waals surface area contributed by atoms with Gasteiger partial charge in [-0.05, 0) is 12.1 Å². The number of nitrogens with two attached hydrogens (primary N) is 1. The molecule has 0 aromatic carbocycles. The lowest BCUT2D eigenvalue weighted by Crippen LogP contribution is -2.17. The van der Waals surface area contributed by atoms with Crippen LogP contribution in [0.5, 0.6) is 0 Å². The number of rotatable bonds is 1. The maximum Gasteiger partial charge on any atom is 0.0734 e. The number of hydrogen-bond donors (Lipinski definition) is 1. The lowest BCUT2D eigenvalue weighted by Gasteiger charge is -2.05. The summed E-state index contributed by atoms with van der Waals surface area (Å²) in [4.78, 5) is 3.79. The maximum atomic E-state index is 5.39. The lowest BCUT2D eigenvalue weighted by molar-refractivity contribution is 1.17. The van der Waals surface area contributed by atoms with E-state index in [1.807, 2.05) is 0 Å². The van der Waals surface area contributed by atoms with E-state index < -0.39 is 0 Å². The Morgan fingerprint density at radius 2 is 2.00 bits per heavy atom. The van der Waals surface area contributed by atoms with Gasteiger partial charge in [0.1, 0.15) is 0 Å².